The summed E-state index contributed by atoms with van der Waals surface area (Å²) in [6.45, 7) is 2.68. The molecule has 10 heteroatoms. The van der Waals surface area contributed by atoms with Crippen LogP contribution in [0.25, 0.3) is 0 Å². The molecule has 0 spiro atoms. The summed E-state index contributed by atoms with van der Waals surface area (Å²) in [7, 11) is 3.21. The Morgan fingerprint density at radius 1 is 0.727 bits per heavy atom. The minimum absolute atomic E-state index is 0.196. The van der Waals surface area contributed by atoms with Crippen LogP contribution < -0.4 is 20.1 Å². The van der Waals surface area contributed by atoms with Crippen molar-refractivity contribution >= 4 is 43.7 Å². The summed E-state index contributed by atoms with van der Waals surface area (Å²) in [5.41, 5.74) is 1.03. The van der Waals surface area contributed by atoms with E-state index in [4.69, 9.17) is 18.9 Å². The van der Waals surface area contributed by atoms with Gasteiger partial charge in [-0.1, -0.05) is 0 Å². The van der Waals surface area contributed by atoms with E-state index in [1.54, 1.807) is 50.6 Å². The predicted octanol–water partition coefficient (Wildman–Crippen LogP) is 3.81. The van der Waals surface area contributed by atoms with Crippen LogP contribution in [-0.4, -0.2) is 65.6 Å². The fourth-order valence-corrected chi connectivity index (χ4v) is 3.67. The van der Waals surface area contributed by atoms with Crippen LogP contribution in [0.15, 0.2) is 45.3 Å². The number of halogens is 2. The van der Waals surface area contributed by atoms with Crippen LogP contribution in [0.4, 0.5) is 0 Å². The second kappa shape index (κ2) is 14.9. The molecule has 0 saturated carbocycles. The van der Waals surface area contributed by atoms with Gasteiger partial charge in [-0.3, -0.25) is 9.59 Å². The van der Waals surface area contributed by atoms with E-state index in [2.05, 4.69) is 42.5 Å². The molecule has 8 nitrogen and oxygen atoms in total. The van der Waals surface area contributed by atoms with Gasteiger partial charge in [0.2, 0.25) is 0 Å². The van der Waals surface area contributed by atoms with Gasteiger partial charge in [-0.2, -0.15) is 0 Å². The van der Waals surface area contributed by atoms with Crippen LogP contribution in [-0.2, 0) is 9.47 Å². The normalized spacial score (nSPS) is 10.5. The zero-order valence-electron chi connectivity index (χ0n) is 18.6. The standard InChI is InChI=1S/C23H28Br2N2O6/c1-30-10-12-32-20-6-4-16(14-18(20)24)22(28)26-8-3-9-27-23(29)17-5-7-21(19(25)15-17)33-13-11-31-2/h4-7,14-15H,3,8-13H2,1-2H3,(H,26,28)(H,27,29). The second-order valence-corrected chi connectivity index (χ2v) is 8.55. The molecule has 0 aromatic heterocycles. The molecule has 0 aliphatic heterocycles. The molecule has 0 fully saturated rings. The Kier molecular flexibility index (Phi) is 12.2. The van der Waals surface area contributed by atoms with E-state index in [9.17, 15) is 9.59 Å². The Bertz CT molecular complexity index is 852. The summed E-state index contributed by atoms with van der Waals surface area (Å²) in [6, 6.07) is 10.3. The first-order chi connectivity index (χ1) is 16.0. The largest absolute Gasteiger partial charge is 0.490 e. The van der Waals surface area contributed by atoms with E-state index in [0.29, 0.717) is 77.5 Å². The molecular weight excluding hydrogens is 560 g/mol. The molecule has 2 aromatic rings. The Hall–Kier alpha value is -2.14. The van der Waals surface area contributed by atoms with Gasteiger partial charge >= 0.3 is 0 Å². The lowest BCUT2D eigenvalue weighted by atomic mass is 10.2. The number of carbonyl (C=O) groups excluding carboxylic acids is 2. The molecule has 0 aliphatic rings. The lowest BCUT2D eigenvalue weighted by Crippen LogP contribution is -2.30. The Balaban J connectivity index is 1.72. The van der Waals surface area contributed by atoms with Crippen LogP contribution in [0.2, 0.25) is 0 Å². The lowest BCUT2D eigenvalue weighted by Gasteiger charge is -2.11. The molecule has 0 saturated heterocycles. The maximum atomic E-state index is 12.3. The Labute approximate surface area is 210 Å². The second-order valence-electron chi connectivity index (χ2n) is 6.84. The topological polar surface area (TPSA) is 95.1 Å². The van der Waals surface area contributed by atoms with Crippen molar-refractivity contribution in [2.45, 2.75) is 6.42 Å². The third kappa shape index (κ3) is 9.32. The monoisotopic (exact) mass is 586 g/mol. The van der Waals surface area contributed by atoms with Crippen LogP contribution >= 0.6 is 31.9 Å². The van der Waals surface area contributed by atoms with Gasteiger partial charge in [0.05, 0.1) is 22.2 Å². The highest BCUT2D eigenvalue weighted by Crippen LogP contribution is 2.27. The van der Waals surface area contributed by atoms with E-state index >= 15 is 0 Å². The van der Waals surface area contributed by atoms with Gasteiger partial charge in [-0.25, -0.2) is 0 Å². The molecule has 2 rings (SSSR count). The van der Waals surface area contributed by atoms with Crippen molar-refractivity contribution < 1.29 is 28.5 Å². The highest BCUT2D eigenvalue weighted by Gasteiger charge is 2.11. The zero-order chi connectivity index (χ0) is 24.1. The lowest BCUT2D eigenvalue weighted by molar-refractivity contribution is 0.0951. The van der Waals surface area contributed by atoms with Crippen molar-refractivity contribution in [3.63, 3.8) is 0 Å². The molecule has 180 valence electrons. The Morgan fingerprint density at radius 2 is 1.15 bits per heavy atom. The summed E-state index contributed by atoms with van der Waals surface area (Å²) in [5.74, 6) is 0.900. The zero-order valence-corrected chi connectivity index (χ0v) is 21.8. The minimum atomic E-state index is -0.196. The SMILES string of the molecule is COCCOc1ccc(C(=O)NCCCNC(=O)c2ccc(OCCOC)c(Br)c2)cc1Br. The molecule has 0 heterocycles. The Morgan fingerprint density at radius 3 is 1.52 bits per heavy atom. The number of ether oxygens (including phenoxy) is 4. The number of amides is 2. The van der Waals surface area contributed by atoms with Crippen LogP contribution in [0.5, 0.6) is 11.5 Å². The number of rotatable bonds is 14. The highest BCUT2D eigenvalue weighted by atomic mass is 79.9. The first-order valence-electron chi connectivity index (χ1n) is 10.3. The minimum Gasteiger partial charge on any atom is -0.490 e. The van der Waals surface area contributed by atoms with E-state index in [0.717, 1.165) is 0 Å². The van der Waals surface area contributed by atoms with Gasteiger partial charge in [0.1, 0.15) is 24.7 Å². The molecule has 2 aromatic carbocycles. The molecule has 2 amide bonds. The van der Waals surface area contributed by atoms with Crippen LogP contribution in [0.3, 0.4) is 0 Å². The number of hydrogen-bond acceptors (Lipinski definition) is 6. The molecule has 0 unspecified atom stereocenters. The fraction of sp³-hybridized carbons (Fsp3) is 0.391. The highest BCUT2D eigenvalue weighted by molar-refractivity contribution is 9.10. The van der Waals surface area contributed by atoms with E-state index in [1.165, 1.54) is 0 Å². The number of methoxy groups -OCH3 is 2. The first-order valence-corrected chi connectivity index (χ1v) is 11.9. The quantitative estimate of drug-likeness (QED) is 0.326. The van der Waals surface area contributed by atoms with Crippen LogP contribution in [0.1, 0.15) is 27.1 Å². The summed E-state index contributed by atoms with van der Waals surface area (Å²) < 4.78 is 22.4. The summed E-state index contributed by atoms with van der Waals surface area (Å²) >= 11 is 6.83. The van der Waals surface area contributed by atoms with E-state index < -0.39 is 0 Å². The first kappa shape index (κ1) is 27.1. The number of carbonyl (C=O) groups is 2. The smallest absolute Gasteiger partial charge is 0.251 e. The van der Waals surface area contributed by atoms with E-state index in [-0.39, 0.29) is 11.8 Å². The van der Waals surface area contributed by atoms with Crippen molar-refractivity contribution in [1.82, 2.24) is 10.6 Å². The third-order valence-electron chi connectivity index (χ3n) is 4.40. The van der Waals surface area contributed by atoms with Gasteiger partial charge in [-0.05, 0) is 74.7 Å². The third-order valence-corrected chi connectivity index (χ3v) is 5.64. The van der Waals surface area contributed by atoms with Gasteiger partial charge in [0.15, 0.2) is 0 Å². The van der Waals surface area contributed by atoms with Gasteiger partial charge < -0.3 is 29.6 Å². The van der Waals surface area contributed by atoms with Crippen molar-refractivity contribution in [3.8, 4) is 11.5 Å². The predicted molar refractivity (Wildman–Crippen MR) is 132 cm³/mol. The number of benzene rings is 2. The molecule has 2 N–H and O–H groups in total. The summed E-state index contributed by atoms with van der Waals surface area (Å²) in [6.07, 6.45) is 0.593. The molecule has 33 heavy (non-hydrogen) atoms. The number of hydrogen-bond donors (Lipinski definition) is 2. The molecular formula is C23H28Br2N2O6. The summed E-state index contributed by atoms with van der Waals surface area (Å²) in [4.78, 5) is 24.7. The molecule has 0 atom stereocenters. The van der Waals surface area contributed by atoms with Gasteiger partial charge in [0, 0.05) is 38.4 Å². The average molecular weight is 588 g/mol. The molecule has 0 aliphatic carbocycles. The van der Waals surface area contributed by atoms with Crippen molar-refractivity contribution in [2.75, 3.05) is 53.7 Å². The summed E-state index contributed by atoms with van der Waals surface area (Å²) in [5, 5.41) is 5.69. The molecule has 0 radical (unpaired) electrons. The van der Waals surface area contributed by atoms with Crippen molar-refractivity contribution in [3.05, 3.63) is 56.5 Å². The van der Waals surface area contributed by atoms with Crippen molar-refractivity contribution in [2.24, 2.45) is 0 Å². The number of nitrogens with one attached hydrogen (secondary N) is 2. The average Bonchev–Trinajstić information content (AvgIpc) is 2.80. The van der Waals surface area contributed by atoms with Gasteiger partial charge in [0.25, 0.3) is 11.8 Å². The maximum absolute atomic E-state index is 12.3. The maximum Gasteiger partial charge on any atom is 0.251 e. The van der Waals surface area contributed by atoms with E-state index in [1.807, 2.05) is 0 Å². The molecule has 0 bridgehead atoms. The van der Waals surface area contributed by atoms with Crippen LogP contribution in [0, 0.1) is 0 Å². The fourth-order valence-electron chi connectivity index (χ4n) is 2.68. The van der Waals surface area contributed by atoms with Gasteiger partial charge in [-0.15, -0.1) is 0 Å². The van der Waals surface area contributed by atoms with Crippen molar-refractivity contribution in [1.29, 1.82) is 0 Å².